The van der Waals surface area contributed by atoms with E-state index in [9.17, 15) is 8.42 Å². The predicted octanol–water partition coefficient (Wildman–Crippen LogP) is 0.339. The van der Waals surface area contributed by atoms with Crippen molar-refractivity contribution >= 4 is 10.0 Å². The van der Waals surface area contributed by atoms with Crippen molar-refractivity contribution in [2.75, 3.05) is 7.05 Å². The van der Waals surface area contributed by atoms with Gasteiger partial charge in [0.15, 0.2) is 0 Å². The Morgan fingerprint density at radius 2 is 2.14 bits per heavy atom. The number of aromatic nitrogens is 2. The van der Waals surface area contributed by atoms with Gasteiger partial charge >= 0.3 is 0 Å². The van der Waals surface area contributed by atoms with Crippen LogP contribution in [-0.4, -0.2) is 25.2 Å². The van der Waals surface area contributed by atoms with Crippen molar-refractivity contribution in [3.05, 3.63) is 17.5 Å². The molecule has 0 bridgehead atoms. The highest BCUT2D eigenvalue weighted by Gasteiger charge is 2.23. The number of sulfonamides is 1. The van der Waals surface area contributed by atoms with Crippen LogP contribution >= 0.6 is 0 Å². The highest BCUT2D eigenvalue weighted by atomic mass is 32.2. The smallest absolute Gasteiger partial charge is 0.218 e. The largest absolute Gasteiger partial charge is 0.275 e. The van der Waals surface area contributed by atoms with Crippen LogP contribution in [0.25, 0.3) is 0 Å². The van der Waals surface area contributed by atoms with Crippen LogP contribution in [0, 0.1) is 6.92 Å². The Labute approximate surface area is 84.2 Å². The van der Waals surface area contributed by atoms with Crippen molar-refractivity contribution in [1.29, 1.82) is 0 Å². The van der Waals surface area contributed by atoms with Crippen LogP contribution in [0.4, 0.5) is 0 Å². The Bertz CT molecular complexity index is 422. The molecular weight excluding hydrogens is 202 g/mol. The second-order valence-corrected chi connectivity index (χ2v) is 5.44. The topological polar surface area (TPSA) is 64.0 Å². The molecule has 1 heterocycles. The molecule has 1 aromatic rings. The van der Waals surface area contributed by atoms with E-state index in [4.69, 9.17) is 0 Å². The van der Waals surface area contributed by atoms with Gasteiger partial charge in [0.2, 0.25) is 10.0 Å². The lowest BCUT2D eigenvalue weighted by molar-refractivity contribution is 0.577. The summed E-state index contributed by atoms with van der Waals surface area (Å²) in [5, 5.41) is 3.54. The summed E-state index contributed by atoms with van der Waals surface area (Å²) >= 11 is 0. The van der Waals surface area contributed by atoms with E-state index < -0.39 is 15.3 Å². The summed E-state index contributed by atoms with van der Waals surface area (Å²) in [6.07, 6.45) is 1.73. The van der Waals surface area contributed by atoms with E-state index in [1.807, 2.05) is 0 Å². The molecule has 14 heavy (non-hydrogen) atoms. The lowest BCUT2D eigenvalue weighted by Gasteiger charge is -2.10. The number of nitrogens with zero attached hydrogens (tertiary/aromatic N) is 2. The van der Waals surface area contributed by atoms with Crippen molar-refractivity contribution < 1.29 is 8.42 Å². The fourth-order valence-electron chi connectivity index (χ4n) is 1.36. The van der Waals surface area contributed by atoms with Crippen LogP contribution in [0.5, 0.6) is 0 Å². The fourth-order valence-corrected chi connectivity index (χ4v) is 2.28. The first-order valence-corrected chi connectivity index (χ1v) is 5.85. The number of hydrogen-bond acceptors (Lipinski definition) is 3. The SMILES string of the molecule is CNS(=O)(=O)C(C)c1cn(C)nc1C. The maximum absolute atomic E-state index is 11.5. The molecule has 80 valence electrons. The molecule has 0 aliphatic heterocycles. The van der Waals surface area contributed by atoms with Crippen molar-refractivity contribution in [1.82, 2.24) is 14.5 Å². The zero-order chi connectivity index (χ0) is 10.9. The third-order valence-corrected chi connectivity index (χ3v) is 3.99. The summed E-state index contributed by atoms with van der Waals surface area (Å²) in [5.74, 6) is 0. The van der Waals surface area contributed by atoms with Crippen LogP contribution < -0.4 is 4.72 Å². The maximum Gasteiger partial charge on any atom is 0.218 e. The third-order valence-electron chi connectivity index (χ3n) is 2.24. The van der Waals surface area contributed by atoms with Crippen molar-refractivity contribution in [2.45, 2.75) is 19.1 Å². The van der Waals surface area contributed by atoms with E-state index in [1.54, 1.807) is 31.8 Å². The molecule has 6 heteroatoms. The van der Waals surface area contributed by atoms with Crippen LogP contribution in [-0.2, 0) is 17.1 Å². The van der Waals surface area contributed by atoms with Crippen LogP contribution in [0.3, 0.4) is 0 Å². The molecule has 0 radical (unpaired) electrons. The van der Waals surface area contributed by atoms with E-state index >= 15 is 0 Å². The summed E-state index contributed by atoms with van der Waals surface area (Å²) < 4.78 is 27.0. The molecule has 1 atom stereocenters. The van der Waals surface area contributed by atoms with Gasteiger partial charge < -0.3 is 0 Å². The molecule has 1 rings (SSSR count). The Morgan fingerprint density at radius 3 is 2.50 bits per heavy atom. The monoisotopic (exact) mass is 217 g/mol. The second-order valence-electron chi connectivity index (χ2n) is 3.23. The van der Waals surface area contributed by atoms with Gasteiger partial charge in [0.05, 0.1) is 5.69 Å². The lowest BCUT2D eigenvalue weighted by Crippen LogP contribution is -2.24. The quantitative estimate of drug-likeness (QED) is 0.794. The van der Waals surface area contributed by atoms with Gasteiger partial charge in [-0.25, -0.2) is 13.1 Å². The Balaban J connectivity index is 3.13. The summed E-state index contributed by atoms with van der Waals surface area (Å²) in [6, 6.07) is 0. The highest BCUT2D eigenvalue weighted by molar-refractivity contribution is 7.89. The third kappa shape index (κ3) is 1.96. The molecule has 1 aromatic heterocycles. The average Bonchev–Trinajstić information content (AvgIpc) is 2.44. The maximum atomic E-state index is 11.5. The van der Waals surface area contributed by atoms with E-state index in [0.717, 1.165) is 11.3 Å². The number of rotatable bonds is 3. The van der Waals surface area contributed by atoms with Crippen LogP contribution in [0.15, 0.2) is 6.20 Å². The minimum atomic E-state index is -3.26. The molecule has 1 unspecified atom stereocenters. The van der Waals surface area contributed by atoms with Gasteiger partial charge in [-0.05, 0) is 20.9 Å². The van der Waals surface area contributed by atoms with Gasteiger partial charge in [0.25, 0.3) is 0 Å². The first kappa shape index (κ1) is 11.2. The Morgan fingerprint density at radius 1 is 1.57 bits per heavy atom. The van der Waals surface area contributed by atoms with E-state index in [-0.39, 0.29) is 0 Å². The van der Waals surface area contributed by atoms with Crippen LogP contribution in [0.1, 0.15) is 23.4 Å². The van der Waals surface area contributed by atoms with Gasteiger partial charge in [-0.2, -0.15) is 5.10 Å². The minimum absolute atomic E-state index is 0.568. The first-order chi connectivity index (χ1) is 6.38. The van der Waals surface area contributed by atoms with Gasteiger partial charge in [-0.15, -0.1) is 0 Å². The van der Waals surface area contributed by atoms with Gasteiger partial charge in [-0.3, -0.25) is 4.68 Å². The second kappa shape index (κ2) is 3.70. The van der Waals surface area contributed by atoms with E-state index in [1.165, 1.54) is 7.05 Å². The standard InChI is InChI=1S/C8H15N3O2S/c1-6-8(5-11(4)10-6)7(2)14(12,13)9-3/h5,7,9H,1-4H3. The molecule has 0 saturated heterocycles. The Hall–Kier alpha value is -0.880. The molecule has 1 N–H and O–H groups in total. The highest BCUT2D eigenvalue weighted by Crippen LogP contribution is 2.22. The normalized spacial score (nSPS) is 14.3. The molecule has 5 nitrogen and oxygen atoms in total. The van der Waals surface area contributed by atoms with Crippen molar-refractivity contribution in [3.63, 3.8) is 0 Å². The van der Waals surface area contributed by atoms with Crippen molar-refractivity contribution in [3.8, 4) is 0 Å². The summed E-state index contributed by atoms with van der Waals surface area (Å²) in [4.78, 5) is 0. The van der Waals surface area contributed by atoms with Gasteiger partial charge in [-0.1, -0.05) is 0 Å². The number of hydrogen-bond donors (Lipinski definition) is 1. The Kier molecular flexibility index (Phi) is 2.96. The molecule has 0 saturated carbocycles. The van der Waals surface area contributed by atoms with Crippen LogP contribution in [0.2, 0.25) is 0 Å². The molecule has 0 aromatic carbocycles. The molecule has 0 amide bonds. The number of nitrogens with one attached hydrogen (secondary N) is 1. The molecule has 0 spiro atoms. The van der Waals surface area contributed by atoms with Gasteiger partial charge in [0.1, 0.15) is 5.25 Å². The molecule has 0 fully saturated rings. The predicted molar refractivity (Wildman–Crippen MR) is 54.3 cm³/mol. The fraction of sp³-hybridized carbons (Fsp3) is 0.625. The summed E-state index contributed by atoms with van der Waals surface area (Å²) in [6.45, 7) is 3.45. The average molecular weight is 217 g/mol. The minimum Gasteiger partial charge on any atom is -0.275 e. The summed E-state index contributed by atoms with van der Waals surface area (Å²) in [7, 11) is -0.0765. The molecule has 0 aliphatic rings. The molecule has 0 aliphatic carbocycles. The summed E-state index contributed by atoms with van der Waals surface area (Å²) in [5.41, 5.74) is 1.49. The zero-order valence-electron chi connectivity index (χ0n) is 8.77. The zero-order valence-corrected chi connectivity index (χ0v) is 9.59. The van der Waals surface area contributed by atoms with E-state index in [0.29, 0.717) is 0 Å². The molecular formula is C8H15N3O2S. The van der Waals surface area contributed by atoms with Crippen molar-refractivity contribution in [2.24, 2.45) is 7.05 Å². The van der Waals surface area contributed by atoms with E-state index in [2.05, 4.69) is 9.82 Å². The number of aryl methyl sites for hydroxylation is 2. The lowest BCUT2D eigenvalue weighted by atomic mass is 10.2. The first-order valence-electron chi connectivity index (χ1n) is 4.31. The van der Waals surface area contributed by atoms with Gasteiger partial charge in [0, 0.05) is 18.8 Å².